The van der Waals surface area contributed by atoms with Crippen molar-refractivity contribution < 1.29 is 0 Å². The predicted molar refractivity (Wildman–Crippen MR) is 99.3 cm³/mol. The molecule has 0 unspecified atom stereocenters. The number of hydrogen-bond acceptors (Lipinski definition) is 3. The van der Waals surface area contributed by atoms with Gasteiger partial charge in [-0.2, -0.15) is 4.98 Å². The van der Waals surface area contributed by atoms with Crippen molar-refractivity contribution >= 4 is 11.6 Å². The molecule has 0 bridgehead atoms. The molecule has 5 nitrogen and oxygen atoms in total. The van der Waals surface area contributed by atoms with E-state index in [0.29, 0.717) is 17.4 Å². The maximum atomic E-state index is 12.4. The summed E-state index contributed by atoms with van der Waals surface area (Å²) in [4.78, 5) is 30.6. The Bertz CT molecular complexity index is 1030. The van der Waals surface area contributed by atoms with Crippen LogP contribution >= 0.6 is 11.6 Å². The summed E-state index contributed by atoms with van der Waals surface area (Å²) in [6.45, 7) is 6.21. The van der Waals surface area contributed by atoms with Crippen molar-refractivity contribution in [2.24, 2.45) is 0 Å². The Labute approximate surface area is 150 Å². The molecular weight excluding hydrogens is 338 g/mol. The second-order valence-electron chi connectivity index (χ2n) is 6.16. The highest BCUT2D eigenvalue weighted by Gasteiger charge is 2.15. The Balaban J connectivity index is 2.22. The van der Waals surface area contributed by atoms with Crippen LogP contribution < -0.4 is 11.4 Å². The molecule has 0 spiro atoms. The van der Waals surface area contributed by atoms with E-state index >= 15 is 0 Å². The summed E-state index contributed by atoms with van der Waals surface area (Å²) in [6, 6.07) is 11.3. The first-order valence-corrected chi connectivity index (χ1v) is 8.27. The normalized spacial score (nSPS) is 10.9. The summed E-state index contributed by atoms with van der Waals surface area (Å²) >= 11 is 5.92. The lowest BCUT2D eigenvalue weighted by molar-refractivity contribution is 0.698. The van der Waals surface area contributed by atoms with E-state index in [9.17, 15) is 9.59 Å². The zero-order valence-electron chi connectivity index (χ0n) is 14.3. The number of halogens is 1. The number of rotatable bonds is 3. The molecule has 0 radical (unpaired) electrons. The number of benzene rings is 2. The van der Waals surface area contributed by atoms with Gasteiger partial charge in [-0.05, 0) is 49.6 Å². The smallest absolute Gasteiger partial charge is 0.273 e. The van der Waals surface area contributed by atoms with Crippen LogP contribution in [-0.2, 0) is 6.54 Å². The quantitative estimate of drug-likeness (QED) is 0.784. The highest BCUT2D eigenvalue weighted by molar-refractivity contribution is 6.30. The molecule has 1 heterocycles. The van der Waals surface area contributed by atoms with Crippen molar-refractivity contribution in [3.05, 3.63) is 84.6 Å². The van der Waals surface area contributed by atoms with Gasteiger partial charge in [0.1, 0.15) is 0 Å². The van der Waals surface area contributed by atoms with Crippen LogP contribution in [0.3, 0.4) is 0 Å². The summed E-state index contributed by atoms with van der Waals surface area (Å²) in [5.41, 5.74) is 3.64. The average molecular weight is 356 g/mol. The molecular formula is C19H18ClN3O2. The maximum Gasteiger partial charge on any atom is 0.351 e. The standard InChI is InChI=1S/C19H18ClN3O2/c1-11-8-12(2)16(13(3)9-11)17-21-18(24)22-19(25)23(17)10-14-4-6-15(20)7-5-14/h4-9H,10H2,1-3H3,(H,22,24,25). The molecule has 0 saturated carbocycles. The molecule has 25 heavy (non-hydrogen) atoms. The first kappa shape index (κ1) is 17.2. The van der Waals surface area contributed by atoms with Gasteiger partial charge in [-0.1, -0.05) is 41.4 Å². The van der Waals surface area contributed by atoms with Gasteiger partial charge in [0.2, 0.25) is 0 Å². The van der Waals surface area contributed by atoms with Gasteiger partial charge in [0.05, 0.1) is 6.54 Å². The summed E-state index contributed by atoms with van der Waals surface area (Å²) in [5.74, 6) is 0.374. The lowest BCUT2D eigenvalue weighted by Crippen LogP contribution is -2.34. The number of H-pyrrole nitrogens is 1. The van der Waals surface area contributed by atoms with Crippen molar-refractivity contribution in [1.82, 2.24) is 14.5 Å². The second kappa shape index (κ2) is 6.69. The summed E-state index contributed by atoms with van der Waals surface area (Å²) in [7, 11) is 0. The Kier molecular flexibility index (Phi) is 4.59. The first-order chi connectivity index (χ1) is 11.8. The molecule has 1 N–H and O–H groups in total. The maximum absolute atomic E-state index is 12.4. The molecule has 0 aliphatic carbocycles. The van der Waals surface area contributed by atoms with Crippen LogP contribution in [-0.4, -0.2) is 14.5 Å². The minimum atomic E-state index is -0.647. The zero-order valence-corrected chi connectivity index (χ0v) is 15.0. The number of aromatic amines is 1. The molecule has 0 fully saturated rings. The van der Waals surface area contributed by atoms with Gasteiger partial charge >= 0.3 is 11.4 Å². The molecule has 3 aromatic rings. The fourth-order valence-electron chi connectivity index (χ4n) is 3.08. The van der Waals surface area contributed by atoms with Crippen molar-refractivity contribution in [2.75, 3.05) is 0 Å². The van der Waals surface area contributed by atoms with Crippen molar-refractivity contribution in [3.8, 4) is 11.4 Å². The van der Waals surface area contributed by atoms with Crippen molar-refractivity contribution in [1.29, 1.82) is 0 Å². The Morgan fingerprint density at radius 1 is 1.04 bits per heavy atom. The monoisotopic (exact) mass is 355 g/mol. The molecule has 1 aromatic heterocycles. The number of aryl methyl sites for hydroxylation is 3. The van der Waals surface area contributed by atoms with Crippen LogP contribution in [0, 0.1) is 20.8 Å². The van der Waals surface area contributed by atoms with E-state index in [1.807, 2.05) is 45.0 Å². The highest BCUT2D eigenvalue weighted by Crippen LogP contribution is 2.26. The van der Waals surface area contributed by atoms with Gasteiger partial charge in [0.25, 0.3) is 0 Å². The Morgan fingerprint density at radius 2 is 1.64 bits per heavy atom. The molecule has 0 saturated heterocycles. The van der Waals surface area contributed by atoms with E-state index in [1.54, 1.807) is 12.1 Å². The van der Waals surface area contributed by atoms with E-state index in [-0.39, 0.29) is 0 Å². The average Bonchev–Trinajstić information content (AvgIpc) is 2.51. The number of nitrogens with zero attached hydrogens (tertiary/aromatic N) is 2. The van der Waals surface area contributed by atoms with E-state index in [4.69, 9.17) is 11.6 Å². The topological polar surface area (TPSA) is 67.8 Å². The van der Waals surface area contributed by atoms with Crippen LogP contribution in [0.15, 0.2) is 46.0 Å². The van der Waals surface area contributed by atoms with Gasteiger partial charge < -0.3 is 0 Å². The molecule has 0 atom stereocenters. The third-order valence-corrected chi connectivity index (χ3v) is 4.33. The van der Waals surface area contributed by atoms with Crippen LogP contribution in [0.5, 0.6) is 0 Å². The Morgan fingerprint density at radius 3 is 2.24 bits per heavy atom. The van der Waals surface area contributed by atoms with Crippen LogP contribution in [0.2, 0.25) is 5.02 Å². The first-order valence-electron chi connectivity index (χ1n) is 7.89. The molecule has 2 aromatic carbocycles. The summed E-state index contributed by atoms with van der Waals surface area (Å²) < 4.78 is 1.48. The zero-order chi connectivity index (χ0) is 18.1. The fraction of sp³-hybridized carbons (Fsp3) is 0.211. The third kappa shape index (κ3) is 3.56. The van der Waals surface area contributed by atoms with Gasteiger partial charge in [-0.3, -0.25) is 9.55 Å². The summed E-state index contributed by atoms with van der Waals surface area (Å²) in [6.07, 6.45) is 0. The molecule has 0 amide bonds. The largest absolute Gasteiger partial charge is 0.351 e. The Hall–Kier alpha value is -2.66. The lowest BCUT2D eigenvalue weighted by atomic mass is 9.99. The molecule has 0 aliphatic rings. The SMILES string of the molecule is Cc1cc(C)c(-c2nc(=O)[nH]c(=O)n2Cc2ccc(Cl)cc2)c(C)c1. The summed E-state index contributed by atoms with van der Waals surface area (Å²) in [5, 5.41) is 0.626. The molecule has 128 valence electrons. The number of nitrogens with one attached hydrogen (secondary N) is 1. The van der Waals surface area contributed by atoms with Crippen LogP contribution in [0.4, 0.5) is 0 Å². The second-order valence-corrected chi connectivity index (χ2v) is 6.59. The van der Waals surface area contributed by atoms with E-state index < -0.39 is 11.4 Å². The molecule has 3 rings (SSSR count). The van der Waals surface area contributed by atoms with Gasteiger partial charge in [0.15, 0.2) is 5.82 Å². The molecule has 0 aliphatic heterocycles. The predicted octanol–water partition coefficient (Wildman–Crippen LogP) is 3.23. The van der Waals surface area contributed by atoms with E-state index in [1.165, 1.54) is 4.57 Å². The lowest BCUT2D eigenvalue weighted by Gasteiger charge is -2.15. The molecule has 6 heteroatoms. The van der Waals surface area contributed by atoms with E-state index in [0.717, 1.165) is 27.8 Å². The van der Waals surface area contributed by atoms with Gasteiger partial charge in [-0.15, -0.1) is 0 Å². The minimum absolute atomic E-state index is 0.294. The fourth-order valence-corrected chi connectivity index (χ4v) is 3.21. The van der Waals surface area contributed by atoms with Crippen LogP contribution in [0.1, 0.15) is 22.3 Å². The van der Waals surface area contributed by atoms with Crippen LogP contribution in [0.25, 0.3) is 11.4 Å². The minimum Gasteiger partial charge on any atom is -0.273 e. The highest BCUT2D eigenvalue weighted by atomic mass is 35.5. The van der Waals surface area contributed by atoms with Gasteiger partial charge in [0, 0.05) is 10.6 Å². The van der Waals surface area contributed by atoms with Crippen molar-refractivity contribution in [3.63, 3.8) is 0 Å². The third-order valence-electron chi connectivity index (χ3n) is 4.08. The van der Waals surface area contributed by atoms with E-state index in [2.05, 4.69) is 9.97 Å². The van der Waals surface area contributed by atoms with Crippen molar-refractivity contribution in [2.45, 2.75) is 27.3 Å². The van der Waals surface area contributed by atoms with Gasteiger partial charge in [-0.25, -0.2) is 9.59 Å². The number of hydrogen-bond donors (Lipinski definition) is 1. The number of aromatic nitrogens is 3.